The molecule has 0 spiro atoms. The second kappa shape index (κ2) is 6.25. The van der Waals surface area contributed by atoms with Crippen molar-refractivity contribution in [3.8, 4) is 0 Å². The summed E-state index contributed by atoms with van der Waals surface area (Å²) in [5.74, 6) is 0.107. The van der Waals surface area contributed by atoms with Crippen molar-refractivity contribution in [2.45, 2.75) is 6.42 Å². The number of benzene rings is 1. The summed E-state index contributed by atoms with van der Waals surface area (Å²) in [6.07, 6.45) is 0.292. The molecule has 0 aliphatic carbocycles. The van der Waals surface area contributed by atoms with E-state index in [-0.39, 0.29) is 29.8 Å². The van der Waals surface area contributed by atoms with Crippen LogP contribution in [0.4, 0.5) is 5.69 Å². The van der Waals surface area contributed by atoms with Crippen LogP contribution in [0.5, 0.6) is 0 Å². The summed E-state index contributed by atoms with van der Waals surface area (Å²) in [6.45, 7) is 0.603. The van der Waals surface area contributed by atoms with Gasteiger partial charge in [0.2, 0.25) is 5.91 Å². The van der Waals surface area contributed by atoms with E-state index < -0.39 is 9.84 Å². The van der Waals surface area contributed by atoms with Crippen LogP contribution in [0.25, 0.3) is 0 Å². The summed E-state index contributed by atoms with van der Waals surface area (Å²) >= 11 is 0. The first-order valence-electron chi connectivity index (χ1n) is 5.79. The van der Waals surface area contributed by atoms with E-state index in [1.807, 2.05) is 12.1 Å². The molecule has 1 aromatic carbocycles. The summed E-state index contributed by atoms with van der Waals surface area (Å²) in [5, 5.41) is 0. The maximum absolute atomic E-state index is 12.0. The standard InChI is InChI=1S/C12H16N2O3S.ClH/c13-11-3-1-10(2-4-11)9-12(15)14-5-7-18(16,17)8-6-14;/h1-4H,5-9,13H2;1H. The molecule has 0 unspecified atom stereocenters. The SMILES string of the molecule is Cl.Nc1ccc(CC(=O)N2CCS(=O)(=O)CC2)cc1. The number of nitrogens with zero attached hydrogens (tertiary/aromatic N) is 1. The zero-order valence-corrected chi connectivity index (χ0v) is 12.0. The lowest BCUT2D eigenvalue weighted by Gasteiger charge is -2.26. The van der Waals surface area contributed by atoms with Crippen molar-refractivity contribution in [1.29, 1.82) is 0 Å². The Balaban J connectivity index is 0.00000180. The molecule has 0 radical (unpaired) electrons. The van der Waals surface area contributed by atoms with Gasteiger partial charge in [-0.05, 0) is 17.7 Å². The number of hydrogen-bond acceptors (Lipinski definition) is 4. The quantitative estimate of drug-likeness (QED) is 0.806. The summed E-state index contributed by atoms with van der Waals surface area (Å²) < 4.78 is 22.5. The number of carbonyl (C=O) groups excluding carboxylic acids is 1. The first-order valence-corrected chi connectivity index (χ1v) is 7.61. The Hall–Kier alpha value is -1.27. The fraction of sp³-hybridized carbons (Fsp3) is 0.417. The van der Waals surface area contributed by atoms with Crippen LogP contribution in [0, 0.1) is 0 Å². The van der Waals surface area contributed by atoms with Gasteiger partial charge >= 0.3 is 0 Å². The van der Waals surface area contributed by atoms with Crippen LogP contribution in [0.3, 0.4) is 0 Å². The molecular formula is C12H17ClN2O3S. The van der Waals surface area contributed by atoms with E-state index in [0.29, 0.717) is 25.2 Å². The number of anilines is 1. The highest BCUT2D eigenvalue weighted by Gasteiger charge is 2.24. The molecule has 1 aliphatic heterocycles. The maximum Gasteiger partial charge on any atom is 0.227 e. The first kappa shape index (κ1) is 15.8. The largest absolute Gasteiger partial charge is 0.399 e. The Labute approximate surface area is 119 Å². The fourth-order valence-corrected chi connectivity index (χ4v) is 3.08. The van der Waals surface area contributed by atoms with Crippen LogP contribution >= 0.6 is 12.4 Å². The number of sulfone groups is 1. The summed E-state index contributed by atoms with van der Waals surface area (Å²) in [4.78, 5) is 13.6. The molecule has 1 aliphatic rings. The maximum atomic E-state index is 12.0. The molecule has 1 heterocycles. The summed E-state index contributed by atoms with van der Waals surface area (Å²) in [5.41, 5.74) is 7.12. The summed E-state index contributed by atoms with van der Waals surface area (Å²) in [7, 11) is -2.94. The van der Waals surface area contributed by atoms with E-state index >= 15 is 0 Å². The number of rotatable bonds is 2. The normalized spacial score (nSPS) is 17.6. The van der Waals surface area contributed by atoms with E-state index in [0.717, 1.165) is 5.56 Å². The molecule has 0 atom stereocenters. The molecular weight excluding hydrogens is 288 g/mol. The van der Waals surface area contributed by atoms with Gasteiger partial charge in [-0.25, -0.2) is 8.42 Å². The highest BCUT2D eigenvalue weighted by molar-refractivity contribution is 7.91. The Morgan fingerprint density at radius 2 is 1.68 bits per heavy atom. The molecule has 7 heteroatoms. The molecule has 1 aromatic rings. The van der Waals surface area contributed by atoms with Gasteiger partial charge in [-0.3, -0.25) is 4.79 Å². The number of nitrogen functional groups attached to an aromatic ring is 1. The Kier molecular flexibility index (Phi) is 5.20. The van der Waals surface area contributed by atoms with E-state index in [1.165, 1.54) is 0 Å². The number of nitrogens with two attached hydrogens (primary N) is 1. The molecule has 0 aromatic heterocycles. The lowest BCUT2D eigenvalue weighted by atomic mass is 10.1. The molecule has 0 bridgehead atoms. The van der Waals surface area contributed by atoms with Crippen LogP contribution in [0.1, 0.15) is 5.56 Å². The topological polar surface area (TPSA) is 80.5 Å². The second-order valence-corrected chi connectivity index (χ2v) is 6.75. The van der Waals surface area contributed by atoms with Crippen molar-refractivity contribution in [3.05, 3.63) is 29.8 Å². The lowest BCUT2D eigenvalue weighted by molar-refractivity contribution is -0.130. The molecule has 106 valence electrons. The monoisotopic (exact) mass is 304 g/mol. The predicted molar refractivity (Wildman–Crippen MR) is 77.0 cm³/mol. The van der Waals surface area contributed by atoms with Crippen molar-refractivity contribution >= 4 is 33.8 Å². The van der Waals surface area contributed by atoms with Gasteiger partial charge in [-0.1, -0.05) is 12.1 Å². The average Bonchev–Trinajstić information content (AvgIpc) is 2.32. The Morgan fingerprint density at radius 1 is 1.16 bits per heavy atom. The van der Waals surface area contributed by atoms with E-state index in [1.54, 1.807) is 17.0 Å². The van der Waals surface area contributed by atoms with Gasteiger partial charge in [-0.15, -0.1) is 12.4 Å². The smallest absolute Gasteiger partial charge is 0.227 e. The third-order valence-corrected chi connectivity index (χ3v) is 4.64. The van der Waals surface area contributed by atoms with Crippen molar-refractivity contribution in [2.24, 2.45) is 0 Å². The molecule has 0 saturated carbocycles. The van der Waals surface area contributed by atoms with Crippen molar-refractivity contribution in [1.82, 2.24) is 4.90 Å². The minimum absolute atomic E-state index is 0. The van der Waals surface area contributed by atoms with Gasteiger partial charge in [-0.2, -0.15) is 0 Å². The lowest BCUT2D eigenvalue weighted by Crippen LogP contribution is -2.44. The Bertz CT molecular complexity index is 529. The van der Waals surface area contributed by atoms with Crippen molar-refractivity contribution in [3.63, 3.8) is 0 Å². The zero-order valence-electron chi connectivity index (χ0n) is 10.4. The van der Waals surface area contributed by atoms with Crippen LogP contribution in [-0.2, 0) is 21.1 Å². The highest BCUT2D eigenvalue weighted by atomic mass is 35.5. The molecule has 2 rings (SSSR count). The van der Waals surface area contributed by atoms with Crippen molar-refractivity contribution in [2.75, 3.05) is 30.3 Å². The van der Waals surface area contributed by atoms with E-state index in [2.05, 4.69) is 0 Å². The van der Waals surface area contributed by atoms with Crippen LogP contribution in [-0.4, -0.2) is 43.8 Å². The Morgan fingerprint density at radius 3 is 2.21 bits per heavy atom. The minimum Gasteiger partial charge on any atom is -0.399 e. The van der Waals surface area contributed by atoms with Crippen molar-refractivity contribution < 1.29 is 13.2 Å². The van der Waals surface area contributed by atoms with Crippen LogP contribution in [0.2, 0.25) is 0 Å². The van der Waals surface area contributed by atoms with Gasteiger partial charge in [0.05, 0.1) is 17.9 Å². The molecule has 5 nitrogen and oxygen atoms in total. The first-order chi connectivity index (χ1) is 8.46. The van der Waals surface area contributed by atoms with Gasteiger partial charge in [0.15, 0.2) is 9.84 Å². The van der Waals surface area contributed by atoms with Gasteiger partial charge < -0.3 is 10.6 Å². The predicted octanol–water partition coefficient (Wildman–Crippen LogP) is 0.490. The fourth-order valence-electron chi connectivity index (χ4n) is 1.88. The average molecular weight is 305 g/mol. The van der Waals surface area contributed by atoms with Crippen LogP contribution in [0.15, 0.2) is 24.3 Å². The molecule has 1 saturated heterocycles. The molecule has 1 amide bonds. The van der Waals surface area contributed by atoms with Gasteiger partial charge in [0.25, 0.3) is 0 Å². The number of hydrogen-bond donors (Lipinski definition) is 1. The third kappa shape index (κ3) is 4.40. The third-order valence-electron chi connectivity index (χ3n) is 3.03. The summed E-state index contributed by atoms with van der Waals surface area (Å²) in [6, 6.07) is 7.13. The zero-order chi connectivity index (χ0) is 13.2. The second-order valence-electron chi connectivity index (χ2n) is 4.45. The highest BCUT2D eigenvalue weighted by Crippen LogP contribution is 2.10. The molecule has 2 N–H and O–H groups in total. The number of amides is 1. The minimum atomic E-state index is -2.94. The van der Waals surface area contributed by atoms with Crippen LogP contribution < -0.4 is 5.73 Å². The molecule has 19 heavy (non-hydrogen) atoms. The number of carbonyl (C=O) groups is 1. The van der Waals surface area contributed by atoms with E-state index in [4.69, 9.17) is 5.73 Å². The van der Waals surface area contributed by atoms with E-state index in [9.17, 15) is 13.2 Å². The van der Waals surface area contributed by atoms with Gasteiger partial charge in [0.1, 0.15) is 0 Å². The molecule has 1 fully saturated rings. The number of halogens is 1. The van der Waals surface area contributed by atoms with Gasteiger partial charge in [0, 0.05) is 18.8 Å².